The molecule has 1 atom stereocenters. The molecule has 0 aliphatic rings. The van der Waals surface area contributed by atoms with Crippen LogP contribution in [0.5, 0.6) is 0 Å². The van der Waals surface area contributed by atoms with Crippen molar-refractivity contribution in [1.29, 1.82) is 0 Å². The van der Waals surface area contributed by atoms with Crippen molar-refractivity contribution < 1.29 is 13.2 Å². The van der Waals surface area contributed by atoms with Gasteiger partial charge >= 0.3 is 0 Å². The fourth-order valence-electron chi connectivity index (χ4n) is 2.56. The molecule has 0 spiro atoms. The lowest BCUT2D eigenvalue weighted by Crippen LogP contribution is -2.33. The van der Waals surface area contributed by atoms with Gasteiger partial charge in [0, 0.05) is 25.8 Å². The van der Waals surface area contributed by atoms with Gasteiger partial charge in [-0.1, -0.05) is 11.6 Å². The lowest BCUT2D eigenvalue weighted by atomic mass is 10.2. The van der Waals surface area contributed by atoms with Gasteiger partial charge in [-0.05, 0) is 49.4 Å². The van der Waals surface area contributed by atoms with Crippen LogP contribution in [0.4, 0.5) is 5.69 Å². The lowest BCUT2D eigenvalue weighted by molar-refractivity contribution is -0.119. The maximum Gasteiger partial charge on any atom is 0.267 e. The molecule has 1 amide bonds. The molecule has 1 N–H and O–H groups in total. The first kappa shape index (κ1) is 22.2. The number of carbonyl (C=O) groups excluding carboxylic acids is 1. The van der Waals surface area contributed by atoms with Gasteiger partial charge in [0.25, 0.3) is 5.56 Å². The molecule has 0 unspecified atom stereocenters. The molecule has 8 nitrogen and oxygen atoms in total. The summed E-state index contributed by atoms with van der Waals surface area (Å²) >= 11 is 7.28. The van der Waals surface area contributed by atoms with Crippen molar-refractivity contribution in [3.8, 4) is 10.6 Å². The van der Waals surface area contributed by atoms with E-state index in [0.717, 1.165) is 13.9 Å². The Balaban J connectivity index is 1.80. The Morgan fingerprint density at radius 2 is 1.80 bits per heavy atom. The highest BCUT2D eigenvalue weighted by Crippen LogP contribution is 2.29. The summed E-state index contributed by atoms with van der Waals surface area (Å²) in [5.74, 6) is -0.464. The fraction of sp³-hybridized carbons (Fsp3) is 0.211. The number of anilines is 1. The molecule has 0 aliphatic heterocycles. The van der Waals surface area contributed by atoms with E-state index in [0.29, 0.717) is 15.7 Å². The number of nitrogens with one attached hydrogen (secondary N) is 1. The van der Waals surface area contributed by atoms with Gasteiger partial charge in [-0.2, -0.15) is 5.10 Å². The summed E-state index contributed by atoms with van der Waals surface area (Å²) in [4.78, 5) is 25.8. The number of halogens is 1. The van der Waals surface area contributed by atoms with Crippen LogP contribution in [0, 0.1) is 0 Å². The average molecular weight is 467 g/mol. The highest BCUT2D eigenvalue weighted by atomic mass is 35.5. The predicted molar refractivity (Wildman–Crippen MR) is 117 cm³/mol. The van der Waals surface area contributed by atoms with Gasteiger partial charge in [0.2, 0.25) is 15.9 Å². The van der Waals surface area contributed by atoms with Crippen molar-refractivity contribution in [2.75, 3.05) is 19.4 Å². The molecule has 2 aromatic heterocycles. The summed E-state index contributed by atoms with van der Waals surface area (Å²) in [5.41, 5.74) is 0.514. The Hall–Kier alpha value is -2.53. The number of sulfonamides is 1. The monoisotopic (exact) mass is 466 g/mol. The Bertz CT molecular complexity index is 1230. The molecule has 0 saturated heterocycles. The van der Waals surface area contributed by atoms with Crippen molar-refractivity contribution in [3.05, 3.63) is 63.2 Å². The molecule has 2 heterocycles. The second kappa shape index (κ2) is 8.68. The molecule has 30 heavy (non-hydrogen) atoms. The third kappa shape index (κ3) is 4.62. The number of hydrogen-bond donors (Lipinski definition) is 1. The summed E-state index contributed by atoms with van der Waals surface area (Å²) in [7, 11) is -0.679. The van der Waals surface area contributed by atoms with Gasteiger partial charge in [0.05, 0.1) is 14.1 Å². The van der Waals surface area contributed by atoms with E-state index in [4.69, 9.17) is 11.6 Å². The zero-order chi connectivity index (χ0) is 22.1. The summed E-state index contributed by atoms with van der Waals surface area (Å²) in [6.45, 7) is 1.56. The van der Waals surface area contributed by atoms with E-state index in [-0.39, 0.29) is 4.90 Å². The molecular weight excluding hydrogens is 448 g/mol. The van der Waals surface area contributed by atoms with Crippen LogP contribution in [0.25, 0.3) is 10.6 Å². The van der Waals surface area contributed by atoms with Gasteiger partial charge in [0.15, 0.2) is 0 Å². The third-order valence-electron chi connectivity index (χ3n) is 4.30. The minimum Gasteiger partial charge on any atom is -0.324 e. The summed E-state index contributed by atoms with van der Waals surface area (Å²) in [6, 6.07) is 11.3. The molecular formula is C19H19ClN4O4S2. The van der Waals surface area contributed by atoms with E-state index in [1.165, 1.54) is 55.8 Å². The van der Waals surface area contributed by atoms with Crippen LogP contribution in [-0.4, -0.2) is 42.5 Å². The van der Waals surface area contributed by atoms with E-state index in [9.17, 15) is 18.0 Å². The smallest absolute Gasteiger partial charge is 0.267 e. The molecule has 0 saturated carbocycles. The summed E-state index contributed by atoms with van der Waals surface area (Å²) < 4.78 is 27.1. The number of carbonyl (C=O) groups is 1. The highest BCUT2D eigenvalue weighted by molar-refractivity contribution is 7.89. The van der Waals surface area contributed by atoms with E-state index >= 15 is 0 Å². The molecule has 0 radical (unpaired) electrons. The van der Waals surface area contributed by atoms with Gasteiger partial charge in [-0.3, -0.25) is 9.59 Å². The number of nitrogens with zero attached hydrogens (tertiary/aromatic N) is 3. The van der Waals surface area contributed by atoms with Crippen LogP contribution in [0.3, 0.4) is 0 Å². The molecule has 0 fully saturated rings. The molecule has 11 heteroatoms. The summed E-state index contributed by atoms with van der Waals surface area (Å²) in [5, 5.41) is 6.97. The molecule has 3 rings (SSSR count). The zero-order valence-corrected chi connectivity index (χ0v) is 18.8. The minimum absolute atomic E-state index is 0.110. The second-order valence-electron chi connectivity index (χ2n) is 6.58. The predicted octanol–water partition coefficient (Wildman–Crippen LogP) is 3.08. The van der Waals surface area contributed by atoms with E-state index in [2.05, 4.69) is 10.4 Å². The van der Waals surface area contributed by atoms with Gasteiger partial charge in [-0.25, -0.2) is 17.4 Å². The number of aromatic nitrogens is 2. The first-order valence-electron chi connectivity index (χ1n) is 8.78. The average Bonchev–Trinajstić information content (AvgIpc) is 3.14. The van der Waals surface area contributed by atoms with Gasteiger partial charge < -0.3 is 5.32 Å². The number of amides is 1. The Labute approximate surface area is 182 Å². The summed E-state index contributed by atoms with van der Waals surface area (Å²) in [6.07, 6.45) is 0. The largest absolute Gasteiger partial charge is 0.324 e. The maximum atomic E-state index is 12.7. The number of rotatable bonds is 6. The van der Waals surface area contributed by atoms with Crippen LogP contribution < -0.4 is 10.9 Å². The Morgan fingerprint density at radius 3 is 2.37 bits per heavy atom. The molecule has 3 aromatic rings. The second-order valence-corrected chi connectivity index (χ2v) is 10.4. The van der Waals surface area contributed by atoms with Crippen molar-refractivity contribution in [3.63, 3.8) is 0 Å². The van der Waals surface area contributed by atoms with Crippen molar-refractivity contribution in [1.82, 2.24) is 14.1 Å². The van der Waals surface area contributed by atoms with Crippen LogP contribution in [0.15, 0.2) is 58.2 Å². The SMILES string of the molecule is C[C@@H](C(=O)Nc1ccc(S(=O)(=O)N(C)C)cc1)n1nc(-c2ccc(Cl)s2)ccc1=O. The van der Waals surface area contributed by atoms with Crippen LogP contribution in [-0.2, 0) is 14.8 Å². The van der Waals surface area contributed by atoms with Crippen LogP contribution in [0.1, 0.15) is 13.0 Å². The van der Waals surface area contributed by atoms with E-state index < -0.39 is 27.5 Å². The van der Waals surface area contributed by atoms with Crippen molar-refractivity contribution in [2.45, 2.75) is 17.9 Å². The van der Waals surface area contributed by atoms with Crippen molar-refractivity contribution >= 4 is 44.6 Å². The number of benzene rings is 1. The molecule has 0 bridgehead atoms. The highest BCUT2D eigenvalue weighted by Gasteiger charge is 2.20. The van der Waals surface area contributed by atoms with E-state index in [1.807, 2.05) is 0 Å². The normalized spacial score (nSPS) is 12.7. The first-order valence-corrected chi connectivity index (χ1v) is 11.4. The minimum atomic E-state index is -3.56. The van der Waals surface area contributed by atoms with Crippen molar-refractivity contribution in [2.24, 2.45) is 0 Å². The molecule has 0 aliphatic carbocycles. The standard InChI is InChI=1S/C19H19ClN4O4S2/c1-12(24-18(25)11-8-15(22-24)16-9-10-17(20)29-16)19(26)21-13-4-6-14(7-5-13)30(27,28)23(2)3/h4-12H,1-3H3,(H,21,26)/t12-/m0/s1. The third-order valence-corrected chi connectivity index (χ3v) is 7.38. The number of thiophene rings is 1. The maximum absolute atomic E-state index is 12.7. The topological polar surface area (TPSA) is 101 Å². The quantitative estimate of drug-likeness (QED) is 0.601. The Kier molecular flexibility index (Phi) is 6.41. The lowest BCUT2D eigenvalue weighted by Gasteiger charge is -2.15. The van der Waals surface area contributed by atoms with Gasteiger partial charge in [0.1, 0.15) is 11.7 Å². The number of hydrogen-bond acceptors (Lipinski definition) is 6. The van der Waals surface area contributed by atoms with E-state index in [1.54, 1.807) is 25.1 Å². The van der Waals surface area contributed by atoms with Crippen LogP contribution >= 0.6 is 22.9 Å². The Morgan fingerprint density at radius 1 is 1.13 bits per heavy atom. The molecule has 1 aromatic carbocycles. The van der Waals surface area contributed by atoms with Crippen LogP contribution in [0.2, 0.25) is 4.34 Å². The van der Waals surface area contributed by atoms with Gasteiger partial charge in [-0.15, -0.1) is 11.3 Å². The fourth-order valence-corrected chi connectivity index (χ4v) is 4.47. The molecule has 158 valence electrons. The zero-order valence-electron chi connectivity index (χ0n) is 16.4. The first-order chi connectivity index (χ1) is 14.1.